The van der Waals surface area contributed by atoms with Gasteiger partial charge in [-0.05, 0) is 79.8 Å². The summed E-state index contributed by atoms with van der Waals surface area (Å²) in [5.41, 5.74) is 2.40. The topological polar surface area (TPSA) is 88.9 Å². The average Bonchev–Trinajstić information content (AvgIpc) is 3.58. The minimum Gasteiger partial charge on any atom is -0.495 e. The first-order chi connectivity index (χ1) is 19.1. The first-order valence-electron chi connectivity index (χ1n) is 12.8. The number of aromatic nitrogens is 1. The van der Waals surface area contributed by atoms with E-state index in [9.17, 15) is 4.79 Å². The fraction of sp³-hybridized carbons (Fsp3) is 0.233. The van der Waals surface area contributed by atoms with Gasteiger partial charge >= 0.3 is 0 Å². The van der Waals surface area contributed by atoms with Crippen LogP contribution in [-0.2, 0) is 4.79 Å². The number of para-hydroxylation sites is 2. The number of nitrogens with zero attached hydrogens (tertiary/aromatic N) is 2. The molecule has 1 fully saturated rings. The molecule has 1 amide bonds. The molecule has 8 nitrogen and oxygen atoms in total. The van der Waals surface area contributed by atoms with E-state index in [1.165, 1.54) is 0 Å². The summed E-state index contributed by atoms with van der Waals surface area (Å²) < 4.78 is 17.3. The number of pyridine rings is 1. The second kappa shape index (κ2) is 12.0. The molecule has 9 heteroatoms. The van der Waals surface area contributed by atoms with Crippen LogP contribution >= 0.6 is 12.2 Å². The Morgan fingerprint density at radius 3 is 2.62 bits per heavy atom. The van der Waals surface area contributed by atoms with Gasteiger partial charge in [0.15, 0.2) is 5.11 Å². The summed E-state index contributed by atoms with van der Waals surface area (Å²) in [7, 11) is 1.58. The van der Waals surface area contributed by atoms with E-state index in [2.05, 4.69) is 15.6 Å². The highest BCUT2D eigenvalue weighted by molar-refractivity contribution is 7.80. The lowest BCUT2D eigenvalue weighted by atomic mass is 10.0. The molecule has 1 aliphatic heterocycles. The number of carbonyl (C=O) groups is 1. The average molecular weight is 543 g/mol. The van der Waals surface area contributed by atoms with Gasteiger partial charge in [-0.3, -0.25) is 9.78 Å². The standard InChI is InChI=1S/C30H30N4O4S/c1-3-37-21-13-11-20(12-14-21)24-15-16-26(38-24)29-28(23-9-6-7-18-31-23)33-30(39)34(29)19-17-27(35)32-22-8-4-5-10-25(22)36-2/h4-16,18,28-29H,3,17,19H2,1-2H3,(H,32,35)(H,33,39)/t28-,29-/m1/s1. The van der Waals surface area contributed by atoms with Crippen LogP contribution in [0.1, 0.15) is 36.9 Å². The fourth-order valence-corrected chi connectivity index (χ4v) is 5.02. The van der Waals surface area contributed by atoms with Gasteiger partial charge in [-0.2, -0.15) is 0 Å². The van der Waals surface area contributed by atoms with Crippen LogP contribution in [-0.4, -0.2) is 41.2 Å². The summed E-state index contributed by atoms with van der Waals surface area (Å²) in [4.78, 5) is 19.5. The van der Waals surface area contributed by atoms with Crippen LogP contribution in [0.3, 0.4) is 0 Å². The van der Waals surface area contributed by atoms with Gasteiger partial charge in [-0.25, -0.2) is 0 Å². The molecule has 0 radical (unpaired) electrons. The van der Waals surface area contributed by atoms with Crippen molar-refractivity contribution in [3.8, 4) is 22.8 Å². The number of carbonyl (C=O) groups excluding carboxylic acids is 1. The van der Waals surface area contributed by atoms with E-state index in [-0.39, 0.29) is 24.4 Å². The number of hydrogen-bond donors (Lipinski definition) is 2. The quantitative estimate of drug-likeness (QED) is 0.245. The van der Waals surface area contributed by atoms with Crippen molar-refractivity contribution in [3.05, 3.63) is 96.5 Å². The van der Waals surface area contributed by atoms with Crippen LogP contribution in [0, 0.1) is 0 Å². The normalized spacial score (nSPS) is 16.6. The van der Waals surface area contributed by atoms with E-state index < -0.39 is 0 Å². The fourth-order valence-electron chi connectivity index (χ4n) is 4.69. The molecule has 0 aliphatic carbocycles. The molecule has 1 saturated heterocycles. The van der Waals surface area contributed by atoms with Crippen molar-refractivity contribution in [1.29, 1.82) is 0 Å². The van der Waals surface area contributed by atoms with Gasteiger partial charge in [0.1, 0.15) is 29.1 Å². The van der Waals surface area contributed by atoms with Crippen LogP contribution in [0.2, 0.25) is 0 Å². The highest BCUT2D eigenvalue weighted by atomic mass is 32.1. The Labute approximate surface area is 233 Å². The SMILES string of the molecule is CCOc1ccc(-c2ccc([C@@H]3[C@@H](c4ccccn4)NC(=S)N3CCC(=O)Nc3ccccc3OC)o2)cc1. The maximum absolute atomic E-state index is 12.9. The zero-order valence-corrected chi connectivity index (χ0v) is 22.6. The Bertz CT molecular complexity index is 1420. The van der Waals surface area contributed by atoms with E-state index >= 15 is 0 Å². The smallest absolute Gasteiger partial charge is 0.226 e. The van der Waals surface area contributed by atoms with Crippen molar-refractivity contribution in [2.75, 3.05) is 25.6 Å². The lowest BCUT2D eigenvalue weighted by molar-refractivity contribution is -0.116. The van der Waals surface area contributed by atoms with Gasteiger partial charge in [0.05, 0.1) is 31.1 Å². The number of methoxy groups -OCH3 is 1. The van der Waals surface area contributed by atoms with Gasteiger partial charge in [0, 0.05) is 24.7 Å². The summed E-state index contributed by atoms with van der Waals surface area (Å²) in [6.07, 6.45) is 1.98. The number of furan rings is 1. The molecule has 0 unspecified atom stereocenters. The first kappa shape index (κ1) is 26.2. The van der Waals surface area contributed by atoms with Crippen LogP contribution in [0.5, 0.6) is 11.5 Å². The third kappa shape index (κ3) is 5.88. The van der Waals surface area contributed by atoms with Crippen molar-refractivity contribution < 1.29 is 18.7 Å². The van der Waals surface area contributed by atoms with Gasteiger partial charge < -0.3 is 29.4 Å². The second-order valence-electron chi connectivity index (χ2n) is 8.98. The predicted molar refractivity (Wildman–Crippen MR) is 154 cm³/mol. The Kier molecular flexibility index (Phi) is 8.07. The van der Waals surface area contributed by atoms with Crippen molar-refractivity contribution in [2.24, 2.45) is 0 Å². The van der Waals surface area contributed by atoms with E-state index in [0.29, 0.717) is 29.7 Å². The van der Waals surface area contributed by atoms with E-state index in [1.807, 2.05) is 90.7 Å². The second-order valence-corrected chi connectivity index (χ2v) is 9.36. The van der Waals surface area contributed by atoms with Gasteiger partial charge in [-0.15, -0.1) is 0 Å². The van der Waals surface area contributed by atoms with E-state index in [1.54, 1.807) is 13.3 Å². The van der Waals surface area contributed by atoms with E-state index in [0.717, 1.165) is 28.5 Å². The molecule has 0 spiro atoms. The third-order valence-electron chi connectivity index (χ3n) is 6.53. The lowest BCUT2D eigenvalue weighted by Crippen LogP contribution is -2.32. The highest BCUT2D eigenvalue weighted by Gasteiger charge is 2.41. The maximum Gasteiger partial charge on any atom is 0.226 e. The molecular weight excluding hydrogens is 512 g/mol. The minimum absolute atomic E-state index is 0.142. The molecule has 2 N–H and O–H groups in total. The number of ether oxygens (including phenoxy) is 2. The Morgan fingerprint density at radius 2 is 1.87 bits per heavy atom. The molecule has 2 aromatic carbocycles. The molecular formula is C30H30N4O4S. The number of anilines is 1. The van der Waals surface area contributed by atoms with Crippen molar-refractivity contribution >= 4 is 28.9 Å². The minimum atomic E-state index is -0.289. The zero-order valence-electron chi connectivity index (χ0n) is 21.8. The molecule has 39 heavy (non-hydrogen) atoms. The summed E-state index contributed by atoms with van der Waals surface area (Å²) in [6.45, 7) is 2.96. The van der Waals surface area contributed by atoms with Crippen molar-refractivity contribution in [3.63, 3.8) is 0 Å². The predicted octanol–water partition coefficient (Wildman–Crippen LogP) is 5.75. The number of benzene rings is 2. The summed E-state index contributed by atoms with van der Waals surface area (Å²) in [6, 6.07) is 24.3. The first-order valence-corrected chi connectivity index (χ1v) is 13.2. The Hall–Kier alpha value is -4.37. The Morgan fingerprint density at radius 1 is 1.08 bits per heavy atom. The maximum atomic E-state index is 12.9. The van der Waals surface area contributed by atoms with Crippen LogP contribution < -0.4 is 20.1 Å². The van der Waals surface area contributed by atoms with Crippen molar-refractivity contribution in [1.82, 2.24) is 15.2 Å². The summed E-state index contributed by atoms with van der Waals surface area (Å²) in [5.74, 6) is 2.74. The largest absolute Gasteiger partial charge is 0.495 e. The third-order valence-corrected chi connectivity index (χ3v) is 6.88. The highest BCUT2D eigenvalue weighted by Crippen LogP contribution is 2.40. The molecule has 1 aliphatic rings. The van der Waals surface area contributed by atoms with Crippen LogP contribution in [0.25, 0.3) is 11.3 Å². The Balaban J connectivity index is 1.38. The number of hydrogen-bond acceptors (Lipinski definition) is 6. The van der Waals surface area contributed by atoms with E-state index in [4.69, 9.17) is 26.1 Å². The zero-order chi connectivity index (χ0) is 27.2. The number of amides is 1. The molecule has 200 valence electrons. The van der Waals surface area contributed by atoms with Gasteiger partial charge in [0.2, 0.25) is 5.91 Å². The number of thiocarbonyl (C=S) groups is 1. The monoisotopic (exact) mass is 542 g/mol. The molecule has 2 aromatic heterocycles. The molecule has 0 saturated carbocycles. The number of rotatable bonds is 10. The summed E-state index contributed by atoms with van der Waals surface area (Å²) in [5, 5.41) is 6.88. The van der Waals surface area contributed by atoms with Gasteiger partial charge in [0.25, 0.3) is 0 Å². The molecule has 5 rings (SSSR count). The van der Waals surface area contributed by atoms with Crippen LogP contribution in [0.15, 0.2) is 89.5 Å². The van der Waals surface area contributed by atoms with Crippen LogP contribution in [0.4, 0.5) is 5.69 Å². The van der Waals surface area contributed by atoms with Gasteiger partial charge in [-0.1, -0.05) is 18.2 Å². The molecule has 0 bridgehead atoms. The molecule has 4 aromatic rings. The van der Waals surface area contributed by atoms with Crippen molar-refractivity contribution in [2.45, 2.75) is 25.4 Å². The lowest BCUT2D eigenvalue weighted by Gasteiger charge is -2.26. The molecule has 3 heterocycles. The molecule has 2 atom stereocenters. The summed E-state index contributed by atoms with van der Waals surface area (Å²) >= 11 is 5.74. The number of nitrogens with one attached hydrogen (secondary N) is 2.